The molecule has 2 heterocycles. The first kappa shape index (κ1) is 19.8. The Morgan fingerprint density at radius 2 is 1.96 bits per heavy atom. The van der Waals surface area contributed by atoms with Crippen molar-refractivity contribution >= 4 is 57.5 Å². The molecule has 0 aliphatic rings. The van der Waals surface area contributed by atoms with E-state index in [2.05, 4.69) is 15.3 Å². The molecular formula is C20H18N4O2S2. The molecule has 0 saturated heterocycles. The van der Waals surface area contributed by atoms with Gasteiger partial charge in [-0.15, -0.1) is 23.1 Å². The number of carbonyl (C=O) groups is 2. The molecule has 0 saturated carbocycles. The summed E-state index contributed by atoms with van der Waals surface area (Å²) in [5.41, 5.74) is 1.98. The first-order chi connectivity index (χ1) is 13.6. The highest BCUT2D eigenvalue weighted by Crippen LogP contribution is 2.29. The van der Waals surface area contributed by atoms with E-state index in [1.165, 1.54) is 36.1 Å². The number of hydrogen-bond donors (Lipinski definition) is 1. The van der Waals surface area contributed by atoms with Gasteiger partial charge in [0.2, 0.25) is 11.8 Å². The van der Waals surface area contributed by atoms with Gasteiger partial charge in [-0.25, -0.2) is 9.97 Å². The van der Waals surface area contributed by atoms with Crippen LogP contribution in [0.3, 0.4) is 0 Å². The molecule has 0 unspecified atom stereocenters. The quantitative estimate of drug-likeness (QED) is 0.475. The van der Waals surface area contributed by atoms with Crippen molar-refractivity contribution < 1.29 is 9.59 Å². The highest BCUT2D eigenvalue weighted by Gasteiger charge is 2.17. The van der Waals surface area contributed by atoms with Gasteiger partial charge in [0.05, 0.1) is 28.3 Å². The maximum absolute atomic E-state index is 12.1. The van der Waals surface area contributed by atoms with E-state index in [-0.39, 0.29) is 11.8 Å². The molecule has 8 heteroatoms. The summed E-state index contributed by atoms with van der Waals surface area (Å²) in [5, 5.41) is 5.99. The summed E-state index contributed by atoms with van der Waals surface area (Å²) >= 11 is 2.88. The van der Waals surface area contributed by atoms with E-state index in [1.54, 1.807) is 28.6 Å². The predicted octanol–water partition coefficient (Wildman–Crippen LogP) is 4.60. The van der Waals surface area contributed by atoms with Crippen LogP contribution in [0.25, 0.3) is 6.08 Å². The van der Waals surface area contributed by atoms with Gasteiger partial charge in [-0.3, -0.25) is 14.5 Å². The van der Waals surface area contributed by atoms with Gasteiger partial charge in [-0.2, -0.15) is 0 Å². The lowest BCUT2D eigenvalue weighted by Crippen LogP contribution is -2.22. The lowest BCUT2D eigenvalue weighted by Gasteiger charge is -2.17. The fraction of sp³-hybridized carbons (Fsp3) is 0.100. The standard InChI is InChI=1S/C20H18N4O2S2/c1-14(25)24(17-6-4-3-5-7-17)20-23-16(13-28-20)8-10-18(26)22-15-9-11-19(27-2)21-12-15/h3-13H,1-2H3,(H,22,26)/b10-8+. The van der Waals surface area contributed by atoms with Crippen LogP contribution >= 0.6 is 23.1 Å². The second kappa shape index (κ2) is 9.29. The maximum atomic E-state index is 12.1. The Balaban J connectivity index is 1.69. The molecule has 2 amide bonds. The number of carbonyl (C=O) groups excluding carboxylic acids is 2. The van der Waals surface area contributed by atoms with Crippen LogP contribution in [0.2, 0.25) is 0 Å². The van der Waals surface area contributed by atoms with Gasteiger partial charge in [0, 0.05) is 18.4 Å². The Morgan fingerprint density at radius 3 is 2.61 bits per heavy atom. The van der Waals surface area contributed by atoms with Crippen LogP contribution in [0.4, 0.5) is 16.5 Å². The number of rotatable bonds is 6. The minimum atomic E-state index is -0.278. The zero-order valence-corrected chi connectivity index (χ0v) is 17.0. The van der Waals surface area contributed by atoms with E-state index < -0.39 is 0 Å². The highest BCUT2D eigenvalue weighted by atomic mass is 32.2. The number of hydrogen-bond acceptors (Lipinski definition) is 6. The number of amides is 2. The molecule has 0 aliphatic carbocycles. The lowest BCUT2D eigenvalue weighted by molar-refractivity contribution is -0.116. The van der Waals surface area contributed by atoms with Crippen molar-refractivity contribution in [2.75, 3.05) is 16.5 Å². The lowest BCUT2D eigenvalue weighted by atomic mass is 10.3. The van der Waals surface area contributed by atoms with Crippen molar-refractivity contribution in [1.82, 2.24) is 9.97 Å². The van der Waals surface area contributed by atoms with Gasteiger partial charge in [0.15, 0.2) is 5.13 Å². The molecular weight excluding hydrogens is 392 g/mol. The number of benzene rings is 1. The predicted molar refractivity (Wildman–Crippen MR) is 115 cm³/mol. The summed E-state index contributed by atoms with van der Waals surface area (Å²) in [6, 6.07) is 13.0. The van der Waals surface area contributed by atoms with Crippen LogP contribution in [0.1, 0.15) is 12.6 Å². The van der Waals surface area contributed by atoms with Crippen LogP contribution in [0.15, 0.2) is 65.1 Å². The smallest absolute Gasteiger partial charge is 0.248 e. The van der Waals surface area contributed by atoms with Gasteiger partial charge in [0.25, 0.3) is 0 Å². The van der Waals surface area contributed by atoms with Gasteiger partial charge < -0.3 is 5.32 Å². The number of thioether (sulfide) groups is 1. The molecule has 0 fully saturated rings. The van der Waals surface area contributed by atoms with Crippen molar-refractivity contribution in [2.24, 2.45) is 0 Å². The maximum Gasteiger partial charge on any atom is 0.248 e. The number of pyridine rings is 1. The molecule has 0 spiro atoms. The van der Waals surface area contributed by atoms with E-state index in [1.807, 2.05) is 42.7 Å². The van der Waals surface area contributed by atoms with Crippen LogP contribution in [0.5, 0.6) is 0 Å². The van der Waals surface area contributed by atoms with Crippen molar-refractivity contribution in [2.45, 2.75) is 11.9 Å². The summed E-state index contributed by atoms with van der Waals surface area (Å²) in [4.78, 5) is 34.4. The van der Waals surface area contributed by atoms with Crippen LogP contribution in [0, 0.1) is 0 Å². The van der Waals surface area contributed by atoms with E-state index in [0.717, 1.165) is 10.7 Å². The Hall–Kier alpha value is -2.97. The largest absolute Gasteiger partial charge is 0.321 e. The van der Waals surface area contributed by atoms with E-state index in [4.69, 9.17) is 0 Å². The summed E-state index contributed by atoms with van der Waals surface area (Å²) in [6.45, 7) is 1.49. The van der Waals surface area contributed by atoms with Crippen LogP contribution < -0.4 is 10.2 Å². The monoisotopic (exact) mass is 410 g/mol. The van der Waals surface area contributed by atoms with Gasteiger partial charge in [-0.1, -0.05) is 18.2 Å². The van der Waals surface area contributed by atoms with Crippen LogP contribution in [-0.2, 0) is 9.59 Å². The first-order valence-corrected chi connectivity index (χ1v) is 10.5. The Labute approximate surface area is 171 Å². The van der Waals surface area contributed by atoms with Gasteiger partial charge in [-0.05, 0) is 36.6 Å². The minimum absolute atomic E-state index is 0.130. The zero-order valence-electron chi connectivity index (χ0n) is 15.3. The second-order valence-electron chi connectivity index (χ2n) is 5.66. The third-order valence-electron chi connectivity index (χ3n) is 3.65. The average Bonchev–Trinajstić information content (AvgIpc) is 3.16. The summed E-state index contributed by atoms with van der Waals surface area (Å²) < 4.78 is 0. The van der Waals surface area contributed by atoms with Crippen molar-refractivity contribution in [3.8, 4) is 0 Å². The fourth-order valence-electron chi connectivity index (χ4n) is 2.38. The molecule has 0 aliphatic heterocycles. The number of nitrogens with one attached hydrogen (secondary N) is 1. The molecule has 6 nitrogen and oxygen atoms in total. The molecule has 1 aromatic carbocycles. The number of thiazole rings is 1. The molecule has 0 bridgehead atoms. The summed E-state index contributed by atoms with van der Waals surface area (Å²) in [5.74, 6) is -0.408. The third-order valence-corrected chi connectivity index (χ3v) is 5.15. The second-order valence-corrected chi connectivity index (χ2v) is 7.32. The zero-order chi connectivity index (χ0) is 19.9. The van der Waals surface area contributed by atoms with Crippen molar-refractivity contribution in [3.05, 3.63) is 65.8 Å². The molecule has 1 N–H and O–H groups in total. The molecule has 142 valence electrons. The minimum Gasteiger partial charge on any atom is -0.321 e. The fourth-order valence-corrected chi connectivity index (χ4v) is 3.60. The Morgan fingerprint density at radius 1 is 1.18 bits per heavy atom. The van der Waals surface area contributed by atoms with Gasteiger partial charge >= 0.3 is 0 Å². The van der Waals surface area contributed by atoms with E-state index in [0.29, 0.717) is 16.5 Å². The van der Waals surface area contributed by atoms with Crippen molar-refractivity contribution in [3.63, 3.8) is 0 Å². The van der Waals surface area contributed by atoms with Crippen LogP contribution in [-0.4, -0.2) is 28.0 Å². The summed E-state index contributed by atoms with van der Waals surface area (Å²) in [7, 11) is 0. The van der Waals surface area contributed by atoms with E-state index in [9.17, 15) is 9.59 Å². The summed E-state index contributed by atoms with van der Waals surface area (Å²) in [6.07, 6.45) is 6.57. The topological polar surface area (TPSA) is 75.2 Å². The van der Waals surface area contributed by atoms with E-state index >= 15 is 0 Å². The SMILES string of the molecule is CSc1ccc(NC(=O)/C=C/c2csc(N(C(C)=O)c3ccccc3)n2)cn1. The van der Waals surface area contributed by atoms with Crippen molar-refractivity contribution in [1.29, 1.82) is 0 Å². The highest BCUT2D eigenvalue weighted by molar-refractivity contribution is 7.98. The molecule has 2 aromatic heterocycles. The number of aromatic nitrogens is 2. The molecule has 3 rings (SSSR count). The van der Waals surface area contributed by atoms with Gasteiger partial charge in [0.1, 0.15) is 0 Å². The molecule has 28 heavy (non-hydrogen) atoms. The molecule has 3 aromatic rings. The number of nitrogens with zero attached hydrogens (tertiary/aromatic N) is 3. The third kappa shape index (κ3) is 5.05. The number of anilines is 3. The Bertz CT molecular complexity index is 985. The average molecular weight is 411 g/mol. The number of para-hydroxylation sites is 1. The first-order valence-electron chi connectivity index (χ1n) is 8.37. The Kier molecular flexibility index (Phi) is 6.57. The molecule has 0 atom stereocenters. The molecule has 0 radical (unpaired) electrons. The normalized spacial score (nSPS) is 10.8.